The Hall–Kier alpha value is -3.49. The molecule has 8 nitrogen and oxygen atoms in total. The summed E-state index contributed by atoms with van der Waals surface area (Å²) >= 11 is 0. The van der Waals surface area contributed by atoms with E-state index in [1.165, 1.54) is 55.5 Å². The number of ether oxygens (including phenoxy) is 2. The van der Waals surface area contributed by atoms with Crippen molar-refractivity contribution in [2.24, 2.45) is 0 Å². The summed E-state index contributed by atoms with van der Waals surface area (Å²) in [5.74, 6) is -1.61. The SMILES string of the molecule is C[C@@H](Oc1ccc(F)cc1)C(=O)OCC(=O)Nc1cccc([N+](=O)[O-])c1. The molecule has 136 valence electrons. The summed E-state index contributed by atoms with van der Waals surface area (Å²) < 4.78 is 22.9. The number of halogens is 1. The Bertz CT molecular complexity index is 809. The zero-order valence-corrected chi connectivity index (χ0v) is 13.7. The first-order valence-electron chi connectivity index (χ1n) is 7.48. The number of nitrogens with zero attached hydrogens (tertiary/aromatic N) is 1. The van der Waals surface area contributed by atoms with Crippen LogP contribution in [0.3, 0.4) is 0 Å². The molecule has 1 atom stereocenters. The Morgan fingerprint density at radius 2 is 1.92 bits per heavy atom. The number of esters is 1. The minimum Gasteiger partial charge on any atom is -0.479 e. The highest BCUT2D eigenvalue weighted by Crippen LogP contribution is 2.17. The number of amides is 1. The summed E-state index contributed by atoms with van der Waals surface area (Å²) in [5.41, 5.74) is 0.0250. The average molecular weight is 362 g/mol. The number of nitro groups is 1. The molecule has 0 aliphatic carbocycles. The second-order valence-corrected chi connectivity index (χ2v) is 5.18. The van der Waals surface area contributed by atoms with Gasteiger partial charge in [0.2, 0.25) is 0 Å². The maximum atomic E-state index is 12.8. The van der Waals surface area contributed by atoms with Gasteiger partial charge in [-0.05, 0) is 37.3 Å². The second-order valence-electron chi connectivity index (χ2n) is 5.18. The van der Waals surface area contributed by atoms with E-state index in [1.807, 2.05) is 0 Å². The molecule has 1 amide bonds. The molecule has 0 aliphatic rings. The van der Waals surface area contributed by atoms with Crippen molar-refractivity contribution in [1.82, 2.24) is 0 Å². The van der Waals surface area contributed by atoms with E-state index in [4.69, 9.17) is 9.47 Å². The monoisotopic (exact) mass is 362 g/mol. The van der Waals surface area contributed by atoms with Gasteiger partial charge in [-0.25, -0.2) is 9.18 Å². The Balaban J connectivity index is 1.82. The van der Waals surface area contributed by atoms with Crippen molar-refractivity contribution in [3.8, 4) is 5.75 Å². The smallest absolute Gasteiger partial charge is 0.347 e. The Kier molecular flexibility index (Phi) is 6.20. The maximum absolute atomic E-state index is 12.8. The second kappa shape index (κ2) is 8.56. The predicted molar refractivity (Wildman–Crippen MR) is 89.2 cm³/mol. The van der Waals surface area contributed by atoms with Gasteiger partial charge in [-0.2, -0.15) is 0 Å². The lowest BCUT2D eigenvalue weighted by Gasteiger charge is -2.14. The van der Waals surface area contributed by atoms with Crippen molar-refractivity contribution < 1.29 is 28.4 Å². The molecule has 0 aromatic heterocycles. The number of carbonyl (C=O) groups is 2. The molecule has 2 rings (SSSR count). The van der Waals surface area contributed by atoms with E-state index in [2.05, 4.69) is 5.32 Å². The van der Waals surface area contributed by atoms with Crippen LogP contribution < -0.4 is 10.1 Å². The first-order valence-corrected chi connectivity index (χ1v) is 7.48. The van der Waals surface area contributed by atoms with Crippen molar-refractivity contribution in [3.05, 3.63) is 64.5 Å². The van der Waals surface area contributed by atoms with Gasteiger partial charge in [-0.1, -0.05) is 6.07 Å². The number of carbonyl (C=O) groups excluding carboxylic acids is 2. The van der Waals surface area contributed by atoms with Crippen molar-refractivity contribution >= 4 is 23.3 Å². The van der Waals surface area contributed by atoms with E-state index < -0.39 is 35.3 Å². The van der Waals surface area contributed by atoms with Crippen molar-refractivity contribution in [3.63, 3.8) is 0 Å². The van der Waals surface area contributed by atoms with Crippen LogP contribution in [0.5, 0.6) is 5.75 Å². The van der Waals surface area contributed by atoms with E-state index in [9.17, 15) is 24.1 Å². The Labute approximate surface area is 147 Å². The Morgan fingerprint density at radius 1 is 1.23 bits per heavy atom. The largest absolute Gasteiger partial charge is 0.479 e. The average Bonchev–Trinajstić information content (AvgIpc) is 2.61. The third kappa shape index (κ3) is 5.55. The molecule has 0 unspecified atom stereocenters. The fourth-order valence-corrected chi connectivity index (χ4v) is 1.91. The van der Waals surface area contributed by atoms with Crippen LogP contribution in [0.15, 0.2) is 48.5 Å². The topological polar surface area (TPSA) is 108 Å². The summed E-state index contributed by atoms with van der Waals surface area (Å²) in [6.07, 6.45) is -1.01. The third-order valence-corrected chi connectivity index (χ3v) is 3.14. The molecule has 0 radical (unpaired) electrons. The molecule has 0 saturated carbocycles. The molecule has 26 heavy (non-hydrogen) atoms. The zero-order chi connectivity index (χ0) is 19.1. The van der Waals surface area contributed by atoms with Crippen LogP contribution in [0.2, 0.25) is 0 Å². The molecular weight excluding hydrogens is 347 g/mol. The van der Waals surface area contributed by atoms with Crippen LogP contribution >= 0.6 is 0 Å². The van der Waals surface area contributed by atoms with Crippen LogP contribution in [-0.4, -0.2) is 29.5 Å². The molecule has 0 saturated heterocycles. The first-order chi connectivity index (χ1) is 12.3. The van der Waals surface area contributed by atoms with Gasteiger partial charge in [0.1, 0.15) is 11.6 Å². The molecule has 2 aromatic carbocycles. The molecule has 0 fully saturated rings. The summed E-state index contributed by atoms with van der Waals surface area (Å²) in [5, 5.41) is 13.1. The number of anilines is 1. The highest BCUT2D eigenvalue weighted by Gasteiger charge is 2.18. The lowest BCUT2D eigenvalue weighted by atomic mass is 10.3. The molecule has 9 heteroatoms. The summed E-state index contributed by atoms with van der Waals surface area (Å²) in [4.78, 5) is 33.7. The number of hydrogen-bond donors (Lipinski definition) is 1. The van der Waals surface area contributed by atoms with E-state index in [-0.39, 0.29) is 17.1 Å². The molecule has 0 bridgehead atoms. The van der Waals surface area contributed by atoms with E-state index in [1.54, 1.807) is 0 Å². The van der Waals surface area contributed by atoms with Crippen molar-refractivity contribution in [1.29, 1.82) is 0 Å². The lowest BCUT2D eigenvalue weighted by molar-refractivity contribution is -0.384. The van der Waals surface area contributed by atoms with Crippen LogP contribution in [0.4, 0.5) is 15.8 Å². The number of benzene rings is 2. The minimum absolute atomic E-state index is 0.180. The van der Waals surface area contributed by atoms with Gasteiger partial charge in [0, 0.05) is 17.8 Å². The van der Waals surface area contributed by atoms with Gasteiger partial charge >= 0.3 is 5.97 Å². The van der Waals surface area contributed by atoms with Crippen LogP contribution in [0.1, 0.15) is 6.92 Å². The molecular formula is C17H15FN2O6. The zero-order valence-electron chi connectivity index (χ0n) is 13.7. The number of non-ortho nitro benzene ring substituents is 1. The third-order valence-electron chi connectivity index (χ3n) is 3.14. The summed E-state index contributed by atoms with van der Waals surface area (Å²) in [7, 11) is 0. The molecule has 1 N–H and O–H groups in total. The van der Waals surface area contributed by atoms with Gasteiger partial charge in [-0.15, -0.1) is 0 Å². The molecule has 0 aliphatic heterocycles. The van der Waals surface area contributed by atoms with Crippen LogP contribution in [0.25, 0.3) is 0 Å². The number of hydrogen-bond acceptors (Lipinski definition) is 6. The van der Waals surface area contributed by atoms with E-state index in [0.29, 0.717) is 0 Å². The highest BCUT2D eigenvalue weighted by atomic mass is 19.1. The number of rotatable bonds is 7. The Morgan fingerprint density at radius 3 is 2.58 bits per heavy atom. The molecule has 0 heterocycles. The fraction of sp³-hybridized carbons (Fsp3) is 0.176. The van der Waals surface area contributed by atoms with Crippen LogP contribution in [0, 0.1) is 15.9 Å². The van der Waals surface area contributed by atoms with Gasteiger partial charge < -0.3 is 14.8 Å². The van der Waals surface area contributed by atoms with Gasteiger partial charge in [0.05, 0.1) is 4.92 Å². The summed E-state index contributed by atoms with van der Waals surface area (Å²) in [6, 6.07) is 10.4. The van der Waals surface area contributed by atoms with Crippen molar-refractivity contribution in [2.75, 3.05) is 11.9 Å². The maximum Gasteiger partial charge on any atom is 0.347 e. The minimum atomic E-state index is -1.01. The number of nitro benzene ring substituents is 1. The predicted octanol–water partition coefficient (Wildman–Crippen LogP) is 2.68. The number of nitrogens with one attached hydrogen (secondary N) is 1. The van der Waals surface area contributed by atoms with E-state index in [0.717, 1.165) is 0 Å². The van der Waals surface area contributed by atoms with E-state index >= 15 is 0 Å². The summed E-state index contributed by atoms with van der Waals surface area (Å²) in [6.45, 7) is 0.836. The van der Waals surface area contributed by atoms with Gasteiger partial charge in [0.25, 0.3) is 11.6 Å². The van der Waals surface area contributed by atoms with Crippen molar-refractivity contribution in [2.45, 2.75) is 13.0 Å². The fourth-order valence-electron chi connectivity index (χ4n) is 1.91. The molecule has 2 aromatic rings. The first kappa shape index (κ1) is 18.8. The van der Waals surface area contributed by atoms with Gasteiger partial charge in [-0.3, -0.25) is 14.9 Å². The van der Waals surface area contributed by atoms with Gasteiger partial charge in [0.15, 0.2) is 12.7 Å². The molecule has 0 spiro atoms. The lowest BCUT2D eigenvalue weighted by Crippen LogP contribution is -2.29. The quantitative estimate of drug-likeness (QED) is 0.461. The van der Waals surface area contributed by atoms with Crippen LogP contribution in [-0.2, 0) is 14.3 Å². The standard InChI is InChI=1S/C17H15FN2O6/c1-11(26-15-7-5-12(18)6-8-15)17(22)25-10-16(21)19-13-3-2-4-14(9-13)20(23)24/h2-9,11H,10H2,1H3,(H,19,21)/t11-/m1/s1. The highest BCUT2D eigenvalue weighted by molar-refractivity contribution is 5.93. The normalized spacial score (nSPS) is 11.3.